The van der Waals surface area contributed by atoms with Crippen LogP contribution in [0.3, 0.4) is 0 Å². The van der Waals surface area contributed by atoms with E-state index in [-0.39, 0.29) is 21.4 Å². The molecule has 0 heterocycles. The van der Waals surface area contributed by atoms with Crippen LogP contribution in [0, 0.1) is 5.92 Å². The van der Waals surface area contributed by atoms with E-state index in [4.69, 9.17) is 16.7 Å². The first-order valence-electron chi connectivity index (χ1n) is 6.94. The molecule has 21 heavy (non-hydrogen) atoms. The minimum atomic E-state index is -3.89. The van der Waals surface area contributed by atoms with Gasteiger partial charge in [-0.2, -0.15) is 0 Å². The molecule has 0 spiro atoms. The number of halogens is 1. The third kappa shape index (κ3) is 4.43. The van der Waals surface area contributed by atoms with Crippen molar-refractivity contribution in [2.75, 3.05) is 13.1 Å². The summed E-state index contributed by atoms with van der Waals surface area (Å²) in [5, 5.41) is 5.30. The van der Waals surface area contributed by atoms with Gasteiger partial charge in [0.15, 0.2) is 0 Å². The van der Waals surface area contributed by atoms with Crippen LogP contribution >= 0.6 is 11.6 Å². The van der Waals surface area contributed by atoms with Crippen molar-refractivity contribution in [3.63, 3.8) is 0 Å². The fraction of sp³-hybridized carbons (Fsp3) is 0.500. The minimum Gasteiger partial charge on any atom is -0.338 e. The van der Waals surface area contributed by atoms with Crippen LogP contribution in [0.4, 0.5) is 0 Å². The van der Waals surface area contributed by atoms with E-state index >= 15 is 0 Å². The van der Waals surface area contributed by atoms with Crippen molar-refractivity contribution in [2.45, 2.75) is 31.1 Å². The predicted molar refractivity (Wildman–Crippen MR) is 81.7 cm³/mol. The number of nitrogens with two attached hydrogens (primary N) is 1. The third-order valence-corrected chi connectivity index (χ3v) is 4.51. The van der Waals surface area contributed by atoms with Crippen molar-refractivity contribution in [2.24, 2.45) is 11.1 Å². The number of carbonyl (C=O) groups is 1. The molecule has 1 aliphatic carbocycles. The van der Waals surface area contributed by atoms with Crippen LogP contribution in [0.1, 0.15) is 36.5 Å². The molecule has 1 aliphatic rings. The molecular weight excluding hydrogens is 312 g/mol. The highest BCUT2D eigenvalue weighted by atomic mass is 35.5. The Labute approximate surface area is 130 Å². The van der Waals surface area contributed by atoms with Gasteiger partial charge in [0.25, 0.3) is 5.91 Å². The second-order valence-electron chi connectivity index (χ2n) is 5.42. The molecule has 0 aromatic heterocycles. The Morgan fingerprint density at radius 1 is 1.38 bits per heavy atom. The third-order valence-electron chi connectivity index (χ3n) is 3.40. The molecule has 1 aromatic rings. The van der Waals surface area contributed by atoms with Crippen molar-refractivity contribution < 1.29 is 13.2 Å². The predicted octanol–water partition coefficient (Wildman–Crippen LogP) is 2.25. The van der Waals surface area contributed by atoms with E-state index in [1.807, 2.05) is 6.92 Å². The van der Waals surface area contributed by atoms with E-state index in [0.717, 1.165) is 19.3 Å². The summed E-state index contributed by atoms with van der Waals surface area (Å²) < 4.78 is 22.9. The van der Waals surface area contributed by atoms with Gasteiger partial charge < -0.3 is 4.90 Å². The summed E-state index contributed by atoms with van der Waals surface area (Å²) in [6, 6.07) is 4.02. The van der Waals surface area contributed by atoms with Gasteiger partial charge in [-0.05, 0) is 43.4 Å². The summed E-state index contributed by atoms with van der Waals surface area (Å²) in [6.45, 7) is 3.36. The smallest absolute Gasteiger partial charge is 0.253 e. The Kier molecular flexibility index (Phi) is 4.91. The zero-order chi connectivity index (χ0) is 15.6. The molecule has 0 unspecified atom stereocenters. The van der Waals surface area contributed by atoms with Crippen LogP contribution in [0.25, 0.3) is 0 Å². The fourth-order valence-corrected chi connectivity index (χ4v) is 3.07. The highest BCUT2D eigenvalue weighted by Crippen LogP contribution is 2.30. The number of hydrogen-bond acceptors (Lipinski definition) is 3. The average Bonchev–Trinajstić information content (AvgIpc) is 3.19. The molecule has 0 bridgehead atoms. The van der Waals surface area contributed by atoms with Gasteiger partial charge in [-0.15, -0.1) is 0 Å². The number of rotatable bonds is 6. The summed E-state index contributed by atoms with van der Waals surface area (Å²) in [6.07, 6.45) is 3.14. The quantitative estimate of drug-likeness (QED) is 0.868. The molecule has 116 valence electrons. The normalized spacial score (nSPS) is 15.0. The SMILES string of the molecule is CCCN(CC1CC1)C(=O)c1cc(Cl)cc(S(N)(=O)=O)c1. The van der Waals surface area contributed by atoms with Crippen molar-refractivity contribution >= 4 is 27.5 Å². The molecule has 2 rings (SSSR count). The molecule has 5 nitrogen and oxygen atoms in total. The molecule has 1 amide bonds. The molecule has 1 fully saturated rings. The van der Waals surface area contributed by atoms with Crippen molar-refractivity contribution in [3.05, 3.63) is 28.8 Å². The molecule has 7 heteroatoms. The number of nitrogens with zero attached hydrogens (tertiary/aromatic N) is 1. The first-order valence-corrected chi connectivity index (χ1v) is 8.86. The highest BCUT2D eigenvalue weighted by molar-refractivity contribution is 7.89. The van der Waals surface area contributed by atoms with Crippen LogP contribution in [0.2, 0.25) is 5.02 Å². The number of benzene rings is 1. The monoisotopic (exact) mass is 330 g/mol. The molecule has 1 saturated carbocycles. The lowest BCUT2D eigenvalue weighted by Crippen LogP contribution is -2.33. The lowest BCUT2D eigenvalue weighted by Gasteiger charge is -2.22. The molecule has 0 radical (unpaired) electrons. The van der Waals surface area contributed by atoms with Gasteiger partial charge in [-0.25, -0.2) is 13.6 Å². The van der Waals surface area contributed by atoms with E-state index in [1.165, 1.54) is 18.2 Å². The van der Waals surface area contributed by atoms with E-state index in [0.29, 0.717) is 19.0 Å². The summed E-state index contributed by atoms with van der Waals surface area (Å²) >= 11 is 5.91. The van der Waals surface area contributed by atoms with Crippen LogP contribution < -0.4 is 5.14 Å². The average molecular weight is 331 g/mol. The lowest BCUT2D eigenvalue weighted by atomic mass is 10.2. The summed E-state index contributed by atoms with van der Waals surface area (Å²) in [4.78, 5) is 14.2. The Bertz CT molecular complexity index is 642. The maximum Gasteiger partial charge on any atom is 0.253 e. The maximum absolute atomic E-state index is 12.6. The van der Waals surface area contributed by atoms with Gasteiger partial charge in [0.05, 0.1) is 4.90 Å². The summed E-state index contributed by atoms with van der Waals surface area (Å²) in [5.74, 6) is 0.369. The van der Waals surface area contributed by atoms with Crippen LogP contribution in [-0.2, 0) is 10.0 Å². The first-order chi connectivity index (χ1) is 9.81. The van der Waals surface area contributed by atoms with E-state index in [1.54, 1.807) is 4.90 Å². The number of primary sulfonamides is 1. The van der Waals surface area contributed by atoms with Gasteiger partial charge in [-0.3, -0.25) is 4.79 Å². The Balaban J connectivity index is 2.29. The number of amides is 1. The van der Waals surface area contributed by atoms with Crippen molar-refractivity contribution in [1.29, 1.82) is 0 Å². The van der Waals surface area contributed by atoms with Crippen molar-refractivity contribution in [1.82, 2.24) is 4.90 Å². The van der Waals surface area contributed by atoms with Gasteiger partial charge in [0.2, 0.25) is 10.0 Å². The van der Waals surface area contributed by atoms with Gasteiger partial charge >= 0.3 is 0 Å². The Morgan fingerprint density at radius 3 is 2.57 bits per heavy atom. The largest absolute Gasteiger partial charge is 0.338 e. The second-order valence-corrected chi connectivity index (χ2v) is 7.41. The zero-order valence-electron chi connectivity index (χ0n) is 11.9. The number of carbonyl (C=O) groups excluding carboxylic acids is 1. The molecule has 0 aliphatic heterocycles. The number of sulfonamides is 1. The molecule has 2 N–H and O–H groups in total. The van der Waals surface area contributed by atoms with Crippen molar-refractivity contribution in [3.8, 4) is 0 Å². The van der Waals surface area contributed by atoms with E-state index in [9.17, 15) is 13.2 Å². The van der Waals surface area contributed by atoms with Gasteiger partial charge in [0.1, 0.15) is 0 Å². The Hall–Kier alpha value is -1.11. The highest BCUT2D eigenvalue weighted by Gasteiger charge is 2.27. The minimum absolute atomic E-state index is 0.138. The Morgan fingerprint density at radius 2 is 2.05 bits per heavy atom. The standard InChI is InChI=1S/C14H19ClN2O3S/c1-2-5-17(9-10-3-4-10)14(18)11-6-12(15)8-13(7-11)21(16,19)20/h6-8,10H,2-5,9H2,1H3,(H2,16,19,20). The molecule has 0 saturated heterocycles. The van der Waals surface area contributed by atoms with Crippen LogP contribution in [0.5, 0.6) is 0 Å². The van der Waals surface area contributed by atoms with Crippen LogP contribution in [-0.4, -0.2) is 32.3 Å². The maximum atomic E-state index is 12.6. The van der Waals surface area contributed by atoms with Gasteiger partial charge in [0, 0.05) is 23.7 Å². The van der Waals surface area contributed by atoms with E-state index < -0.39 is 10.0 Å². The lowest BCUT2D eigenvalue weighted by molar-refractivity contribution is 0.0747. The topological polar surface area (TPSA) is 80.5 Å². The summed E-state index contributed by atoms with van der Waals surface area (Å²) in [5.41, 5.74) is 0.264. The molecule has 1 aromatic carbocycles. The zero-order valence-corrected chi connectivity index (χ0v) is 13.5. The molecular formula is C14H19ClN2O3S. The van der Waals surface area contributed by atoms with Crippen LogP contribution in [0.15, 0.2) is 23.1 Å². The first kappa shape index (κ1) is 16.3. The van der Waals surface area contributed by atoms with E-state index in [2.05, 4.69) is 0 Å². The second kappa shape index (κ2) is 6.34. The fourth-order valence-electron chi connectivity index (χ4n) is 2.19. The number of hydrogen-bond donors (Lipinski definition) is 1. The molecule has 0 atom stereocenters. The van der Waals surface area contributed by atoms with Gasteiger partial charge in [-0.1, -0.05) is 18.5 Å². The summed E-state index contributed by atoms with van der Waals surface area (Å²) in [7, 11) is -3.89.